The maximum Gasteiger partial charge on any atom is 0.416 e. The number of nitrogens with one attached hydrogen (secondary N) is 2. The molecule has 4 nitrogen and oxygen atoms in total. The lowest BCUT2D eigenvalue weighted by Gasteiger charge is -2.23. The summed E-state index contributed by atoms with van der Waals surface area (Å²) in [6.45, 7) is 1.64. The van der Waals surface area contributed by atoms with Crippen LogP contribution in [0.3, 0.4) is 0 Å². The second-order valence-corrected chi connectivity index (χ2v) is 6.37. The number of alkyl halides is 3. The lowest BCUT2D eigenvalue weighted by Crippen LogP contribution is -2.42. The van der Waals surface area contributed by atoms with Crippen molar-refractivity contribution in [3.8, 4) is 0 Å². The number of carbonyl (C=O) groups excluding carboxylic acids is 1. The Labute approximate surface area is 150 Å². The Morgan fingerprint density at radius 2 is 1.65 bits per heavy atom. The molecule has 0 radical (unpaired) electrons. The first-order valence-corrected chi connectivity index (χ1v) is 8.14. The van der Waals surface area contributed by atoms with Gasteiger partial charge in [0.15, 0.2) is 0 Å². The predicted molar refractivity (Wildman–Crippen MR) is 93.9 cm³/mol. The van der Waals surface area contributed by atoms with E-state index in [4.69, 9.17) is 0 Å². The number of aliphatic hydroxyl groups is 1. The van der Waals surface area contributed by atoms with Crippen LogP contribution in [0.15, 0.2) is 54.6 Å². The Balaban J connectivity index is 1.80. The van der Waals surface area contributed by atoms with Crippen molar-refractivity contribution < 1.29 is 23.1 Å². The van der Waals surface area contributed by atoms with E-state index in [9.17, 15) is 23.1 Å². The smallest absolute Gasteiger partial charge is 0.388 e. The summed E-state index contributed by atoms with van der Waals surface area (Å²) in [5.41, 5.74) is -0.568. The van der Waals surface area contributed by atoms with Crippen molar-refractivity contribution in [2.75, 3.05) is 11.9 Å². The maximum absolute atomic E-state index is 12.5. The number of hydrogen-bond donors (Lipinski definition) is 3. The van der Waals surface area contributed by atoms with E-state index >= 15 is 0 Å². The molecule has 0 saturated heterocycles. The highest BCUT2D eigenvalue weighted by molar-refractivity contribution is 5.89. The number of benzene rings is 2. The highest BCUT2D eigenvalue weighted by atomic mass is 19.4. The number of anilines is 1. The van der Waals surface area contributed by atoms with Gasteiger partial charge in [0.25, 0.3) is 0 Å². The number of urea groups is 1. The molecule has 2 amide bonds. The first-order valence-electron chi connectivity index (χ1n) is 8.14. The Morgan fingerprint density at radius 3 is 2.23 bits per heavy atom. The quantitative estimate of drug-likeness (QED) is 0.717. The molecule has 0 bridgehead atoms. The van der Waals surface area contributed by atoms with E-state index in [1.165, 1.54) is 12.1 Å². The van der Waals surface area contributed by atoms with E-state index in [-0.39, 0.29) is 12.2 Å². The van der Waals surface area contributed by atoms with Crippen LogP contribution in [0.1, 0.15) is 24.5 Å². The first-order chi connectivity index (χ1) is 12.2. The van der Waals surface area contributed by atoms with E-state index < -0.39 is 23.4 Å². The lowest BCUT2D eigenvalue weighted by atomic mass is 9.97. The van der Waals surface area contributed by atoms with Crippen LogP contribution < -0.4 is 10.6 Å². The van der Waals surface area contributed by atoms with Gasteiger partial charge in [0.05, 0.1) is 11.2 Å². The van der Waals surface area contributed by atoms with Gasteiger partial charge in [-0.25, -0.2) is 4.79 Å². The monoisotopic (exact) mass is 366 g/mol. The molecule has 7 heteroatoms. The summed E-state index contributed by atoms with van der Waals surface area (Å²) in [6.07, 6.45) is -3.30. The number of carbonyl (C=O) groups is 1. The SMILES string of the molecule is C[C@](O)(CCc1ccccc1)CNC(=O)Nc1ccc(C(F)(F)F)cc1. The van der Waals surface area contributed by atoms with Gasteiger partial charge in [-0.05, 0) is 49.6 Å². The second kappa shape index (κ2) is 8.23. The van der Waals surface area contributed by atoms with Crippen LogP contribution in [-0.2, 0) is 12.6 Å². The molecule has 0 aromatic heterocycles. The molecule has 2 rings (SSSR count). The molecule has 0 aliphatic rings. The second-order valence-electron chi connectivity index (χ2n) is 6.37. The third kappa shape index (κ3) is 6.40. The molecule has 2 aromatic rings. The minimum Gasteiger partial charge on any atom is -0.388 e. The van der Waals surface area contributed by atoms with Crippen molar-refractivity contribution in [2.24, 2.45) is 0 Å². The Hall–Kier alpha value is -2.54. The minimum atomic E-state index is -4.42. The topological polar surface area (TPSA) is 61.4 Å². The van der Waals surface area contributed by atoms with E-state index in [0.717, 1.165) is 17.7 Å². The van der Waals surface area contributed by atoms with Crippen molar-refractivity contribution in [3.63, 3.8) is 0 Å². The van der Waals surface area contributed by atoms with Crippen molar-refractivity contribution in [2.45, 2.75) is 31.5 Å². The van der Waals surface area contributed by atoms with Crippen molar-refractivity contribution in [1.82, 2.24) is 5.32 Å². The largest absolute Gasteiger partial charge is 0.416 e. The van der Waals surface area contributed by atoms with Gasteiger partial charge in [-0.15, -0.1) is 0 Å². The molecule has 0 aliphatic carbocycles. The van der Waals surface area contributed by atoms with Crippen LogP contribution in [0.2, 0.25) is 0 Å². The van der Waals surface area contributed by atoms with E-state index in [1.54, 1.807) is 6.92 Å². The van der Waals surface area contributed by atoms with E-state index in [0.29, 0.717) is 12.8 Å². The molecular weight excluding hydrogens is 345 g/mol. The van der Waals surface area contributed by atoms with Gasteiger partial charge in [0.2, 0.25) is 0 Å². The van der Waals surface area contributed by atoms with Crippen LogP contribution in [-0.4, -0.2) is 23.3 Å². The third-order valence-corrected chi connectivity index (χ3v) is 3.89. The van der Waals surface area contributed by atoms with Crippen LogP contribution >= 0.6 is 0 Å². The summed E-state index contributed by atoms with van der Waals surface area (Å²) in [7, 11) is 0. The standard InChI is InChI=1S/C19H21F3N2O2/c1-18(26,12-11-14-5-3-2-4-6-14)13-23-17(25)24-16-9-7-15(8-10-16)19(20,21)22/h2-10,26H,11-13H2,1H3,(H2,23,24,25)/t18-/m0/s1. The fourth-order valence-electron chi connectivity index (χ4n) is 2.34. The zero-order valence-corrected chi connectivity index (χ0v) is 14.3. The maximum atomic E-state index is 12.5. The normalized spacial score (nSPS) is 13.7. The van der Waals surface area contributed by atoms with Crippen LogP contribution in [0, 0.1) is 0 Å². The first kappa shape index (κ1) is 19.8. The van der Waals surface area contributed by atoms with Crippen LogP contribution in [0.4, 0.5) is 23.7 Å². The molecule has 2 aromatic carbocycles. The zero-order chi connectivity index (χ0) is 19.2. The predicted octanol–water partition coefficient (Wildman–Crippen LogP) is 4.21. The molecule has 0 aliphatic heterocycles. The Kier molecular flexibility index (Phi) is 6.26. The van der Waals surface area contributed by atoms with Gasteiger partial charge < -0.3 is 15.7 Å². The number of amides is 2. The van der Waals surface area contributed by atoms with Gasteiger partial charge in [-0.1, -0.05) is 30.3 Å². The summed E-state index contributed by atoms with van der Waals surface area (Å²) < 4.78 is 37.5. The van der Waals surface area contributed by atoms with Gasteiger partial charge in [-0.2, -0.15) is 13.2 Å². The van der Waals surface area contributed by atoms with Crippen LogP contribution in [0.25, 0.3) is 0 Å². The summed E-state index contributed by atoms with van der Waals surface area (Å²) in [5.74, 6) is 0. The molecule has 3 N–H and O–H groups in total. The molecule has 0 fully saturated rings. The molecule has 26 heavy (non-hydrogen) atoms. The lowest BCUT2D eigenvalue weighted by molar-refractivity contribution is -0.137. The fraction of sp³-hybridized carbons (Fsp3) is 0.316. The third-order valence-electron chi connectivity index (χ3n) is 3.89. The van der Waals surface area contributed by atoms with Gasteiger partial charge >= 0.3 is 12.2 Å². The number of halogens is 3. The summed E-state index contributed by atoms with van der Waals surface area (Å²) in [5, 5.41) is 15.3. The molecule has 1 atom stereocenters. The van der Waals surface area contributed by atoms with E-state index in [1.807, 2.05) is 30.3 Å². The van der Waals surface area contributed by atoms with E-state index in [2.05, 4.69) is 10.6 Å². The summed E-state index contributed by atoms with van der Waals surface area (Å²) in [6, 6.07) is 13.2. The van der Waals surface area contributed by atoms with Crippen molar-refractivity contribution >= 4 is 11.7 Å². The van der Waals surface area contributed by atoms with Gasteiger partial charge in [0, 0.05) is 12.2 Å². The highest BCUT2D eigenvalue weighted by Gasteiger charge is 2.30. The fourth-order valence-corrected chi connectivity index (χ4v) is 2.34. The minimum absolute atomic E-state index is 0.0201. The molecule has 0 spiro atoms. The number of hydrogen-bond acceptors (Lipinski definition) is 2. The average molecular weight is 366 g/mol. The Bertz CT molecular complexity index is 714. The van der Waals surface area contributed by atoms with Gasteiger partial charge in [0.1, 0.15) is 0 Å². The Morgan fingerprint density at radius 1 is 1.04 bits per heavy atom. The molecule has 0 unspecified atom stereocenters. The van der Waals surface area contributed by atoms with Crippen molar-refractivity contribution in [3.05, 3.63) is 65.7 Å². The number of rotatable bonds is 6. The molecule has 0 heterocycles. The summed E-state index contributed by atoms with van der Waals surface area (Å²) in [4.78, 5) is 11.9. The molecular formula is C19H21F3N2O2. The number of aryl methyl sites for hydroxylation is 1. The van der Waals surface area contributed by atoms with Crippen LogP contribution in [0.5, 0.6) is 0 Å². The molecule has 0 saturated carbocycles. The average Bonchev–Trinajstić information content (AvgIpc) is 2.59. The zero-order valence-electron chi connectivity index (χ0n) is 14.3. The molecule has 140 valence electrons. The summed E-state index contributed by atoms with van der Waals surface area (Å²) >= 11 is 0. The van der Waals surface area contributed by atoms with Crippen molar-refractivity contribution in [1.29, 1.82) is 0 Å². The highest BCUT2D eigenvalue weighted by Crippen LogP contribution is 2.29. The van der Waals surface area contributed by atoms with Gasteiger partial charge in [-0.3, -0.25) is 0 Å².